The Morgan fingerprint density at radius 2 is 0.559 bits per heavy atom. The van der Waals surface area contributed by atoms with Gasteiger partial charge in [-0.25, -0.2) is 0 Å². The first-order valence-electron chi connectivity index (χ1n) is 42.5. The number of phosphoric acid groups is 1. The molecule has 0 amide bonds. The monoisotopic (exact) mass is 1440 g/mol. The van der Waals surface area contributed by atoms with Crippen molar-refractivity contribution >= 4 is 19.8 Å². The van der Waals surface area contributed by atoms with Crippen molar-refractivity contribution in [2.24, 2.45) is 0 Å². The molecule has 0 aliphatic carbocycles. The van der Waals surface area contributed by atoms with Crippen molar-refractivity contribution < 1.29 is 42.1 Å². The van der Waals surface area contributed by atoms with Gasteiger partial charge in [0.2, 0.25) is 0 Å². The maximum atomic E-state index is 12.9. The zero-order valence-corrected chi connectivity index (χ0v) is 67.9. The molecule has 0 fully saturated rings. The molecule has 586 valence electrons. The summed E-state index contributed by atoms with van der Waals surface area (Å²) in [5.41, 5.74) is 0. The van der Waals surface area contributed by atoms with E-state index in [2.05, 4.69) is 160 Å². The van der Waals surface area contributed by atoms with Crippen LogP contribution in [0.15, 0.2) is 146 Å². The van der Waals surface area contributed by atoms with Gasteiger partial charge in [0.05, 0.1) is 27.7 Å². The molecule has 0 spiro atoms. The summed E-state index contributed by atoms with van der Waals surface area (Å²) < 4.78 is 34.4. The molecular formula is C92H160NO8P. The number of unbranched alkanes of at least 4 members (excludes halogenated alkanes) is 40. The number of allylic oxidation sites excluding steroid dienone is 24. The second kappa shape index (κ2) is 81.0. The van der Waals surface area contributed by atoms with Gasteiger partial charge in [-0.2, -0.15) is 0 Å². The molecule has 0 aromatic carbocycles. The van der Waals surface area contributed by atoms with Gasteiger partial charge >= 0.3 is 11.9 Å². The molecule has 2 unspecified atom stereocenters. The molecular weight excluding hydrogens is 1280 g/mol. The van der Waals surface area contributed by atoms with Crippen LogP contribution in [0.3, 0.4) is 0 Å². The summed E-state index contributed by atoms with van der Waals surface area (Å²) in [7, 11) is 1.16. The van der Waals surface area contributed by atoms with E-state index in [0.29, 0.717) is 17.4 Å². The molecule has 0 bridgehead atoms. The molecule has 0 heterocycles. The Labute approximate surface area is 631 Å². The zero-order valence-electron chi connectivity index (χ0n) is 67.0. The van der Waals surface area contributed by atoms with Crippen molar-refractivity contribution in [2.75, 3.05) is 47.5 Å². The molecule has 0 aromatic rings. The molecule has 0 aliphatic rings. The van der Waals surface area contributed by atoms with Crippen LogP contribution >= 0.6 is 7.82 Å². The van der Waals surface area contributed by atoms with E-state index in [1.807, 2.05) is 21.1 Å². The molecule has 0 aromatic heterocycles. The first kappa shape index (κ1) is 97.9. The fourth-order valence-corrected chi connectivity index (χ4v) is 12.6. The van der Waals surface area contributed by atoms with Crippen LogP contribution in [0.2, 0.25) is 0 Å². The molecule has 0 radical (unpaired) electrons. The number of ether oxygens (including phenoxy) is 2. The Morgan fingerprint density at radius 1 is 0.314 bits per heavy atom. The number of likely N-dealkylation sites (N-methyl/N-ethyl adjacent to an activating group) is 1. The Morgan fingerprint density at radius 3 is 0.833 bits per heavy atom. The van der Waals surface area contributed by atoms with E-state index < -0.39 is 26.5 Å². The summed E-state index contributed by atoms with van der Waals surface area (Å²) in [4.78, 5) is 38.2. The second-order valence-corrected chi connectivity index (χ2v) is 30.9. The Balaban J connectivity index is 3.97. The highest BCUT2D eigenvalue weighted by molar-refractivity contribution is 7.45. The predicted molar refractivity (Wildman–Crippen MR) is 443 cm³/mol. The lowest BCUT2D eigenvalue weighted by Crippen LogP contribution is -2.37. The van der Waals surface area contributed by atoms with Crippen molar-refractivity contribution in [3.8, 4) is 0 Å². The second-order valence-electron chi connectivity index (χ2n) is 29.5. The third-order valence-electron chi connectivity index (χ3n) is 18.3. The number of carbonyl (C=O) groups excluding carboxylic acids is 2. The van der Waals surface area contributed by atoms with Crippen LogP contribution in [-0.2, 0) is 32.7 Å². The lowest BCUT2D eigenvalue weighted by molar-refractivity contribution is -0.870. The van der Waals surface area contributed by atoms with Crippen LogP contribution in [0.4, 0.5) is 0 Å². The van der Waals surface area contributed by atoms with E-state index in [-0.39, 0.29) is 32.0 Å². The van der Waals surface area contributed by atoms with Gasteiger partial charge in [-0.1, -0.05) is 384 Å². The fourth-order valence-electron chi connectivity index (χ4n) is 11.9. The van der Waals surface area contributed by atoms with E-state index >= 15 is 0 Å². The normalized spacial score (nSPS) is 13.7. The third-order valence-corrected chi connectivity index (χ3v) is 19.3. The molecule has 0 saturated heterocycles. The number of hydrogen-bond acceptors (Lipinski definition) is 8. The van der Waals surface area contributed by atoms with Gasteiger partial charge in [-0.05, 0) is 122 Å². The van der Waals surface area contributed by atoms with Crippen LogP contribution in [0, 0.1) is 0 Å². The Bertz CT molecular complexity index is 2240. The molecule has 10 heteroatoms. The number of nitrogens with zero attached hydrogens (tertiary/aromatic N) is 1. The van der Waals surface area contributed by atoms with Gasteiger partial charge in [0, 0.05) is 12.8 Å². The summed E-state index contributed by atoms with van der Waals surface area (Å²) in [5, 5.41) is 0. The maximum Gasteiger partial charge on any atom is 0.306 e. The zero-order chi connectivity index (χ0) is 74.0. The highest BCUT2D eigenvalue weighted by Gasteiger charge is 2.22. The summed E-state index contributed by atoms with van der Waals surface area (Å²) >= 11 is 0. The summed E-state index contributed by atoms with van der Waals surface area (Å²) in [5.74, 6) is -0.828. The van der Waals surface area contributed by atoms with E-state index in [4.69, 9.17) is 18.5 Å². The van der Waals surface area contributed by atoms with Crippen LogP contribution in [0.5, 0.6) is 0 Å². The topological polar surface area (TPSA) is 111 Å². The van der Waals surface area contributed by atoms with Gasteiger partial charge < -0.3 is 27.9 Å². The van der Waals surface area contributed by atoms with Crippen molar-refractivity contribution in [2.45, 2.75) is 380 Å². The van der Waals surface area contributed by atoms with Gasteiger partial charge in [-0.15, -0.1) is 0 Å². The number of rotatable bonds is 78. The number of phosphoric ester groups is 1. The molecule has 2 atom stereocenters. The molecule has 0 N–H and O–H groups in total. The van der Waals surface area contributed by atoms with E-state index in [1.165, 1.54) is 225 Å². The number of hydrogen-bond donors (Lipinski definition) is 0. The lowest BCUT2D eigenvalue weighted by atomic mass is 10.0. The number of quaternary nitrogens is 1. The van der Waals surface area contributed by atoms with Crippen LogP contribution in [0.1, 0.15) is 373 Å². The average Bonchev–Trinajstić information content (AvgIpc) is 0.914. The average molecular weight is 1440 g/mol. The van der Waals surface area contributed by atoms with Crippen LogP contribution in [-0.4, -0.2) is 70.0 Å². The quantitative estimate of drug-likeness (QED) is 0.0195. The van der Waals surface area contributed by atoms with Gasteiger partial charge in [0.1, 0.15) is 19.8 Å². The molecule has 0 aliphatic heterocycles. The van der Waals surface area contributed by atoms with Gasteiger partial charge in [0.15, 0.2) is 6.10 Å². The molecule has 9 nitrogen and oxygen atoms in total. The summed E-state index contributed by atoms with van der Waals surface area (Å²) in [6.45, 7) is 4.14. The van der Waals surface area contributed by atoms with Gasteiger partial charge in [-0.3, -0.25) is 14.2 Å². The van der Waals surface area contributed by atoms with E-state index in [0.717, 1.165) is 116 Å². The maximum absolute atomic E-state index is 12.9. The standard InChI is InChI=1S/C92H160NO8P/c1-6-8-10-12-14-16-18-20-22-24-26-28-30-32-34-36-38-40-42-44-46-48-50-52-54-56-58-60-62-64-66-68-70-72-74-76-78-80-82-84-91(94)98-88-90(89-100-102(96,97)99-87-86-93(3,4)5)101-92(95)85-83-81-79-77-75-73-71-69-67-65-63-61-59-57-55-53-51-49-47-45-43-41-39-37-35-33-31-29-27-25-23-21-19-17-15-13-11-9-7-2/h9,11,15,17-18,20-21,23-24,26-27,29-30,32-33,35,39,41,45,47,51,53,57,59,90H,6-8,10,12-14,16,19,22,25,28,31,34,36-38,40,42-44,46,48-50,52,54-56,58,60-89H2,1-5H3/b11-9-,17-15-,20-18-,23-21-,26-24-,29-27-,32-30-,35-33-,41-39-,47-45-,53-51-,59-57-. The first-order chi connectivity index (χ1) is 50.0. The third kappa shape index (κ3) is 84.8. The first-order valence-corrected chi connectivity index (χ1v) is 44.0. The Kier molecular flexibility index (Phi) is 77.7. The van der Waals surface area contributed by atoms with Crippen LogP contribution < -0.4 is 4.89 Å². The molecule has 102 heavy (non-hydrogen) atoms. The van der Waals surface area contributed by atoms with Crippen molar-refractivity contribution in [1.82, 2.24) is 0 Å². The minimum absolute atomic E-state index is 0.0354. The Hall–Kier alpha value is -4.11. The predicted octanol–water partition coefficient (Wildman–Crippen LogP) is 28.2. The summed E-state index contributed by atoms with van der Waals surface area (Å²) in [6.07, 6.45) is 120. The molecule has 0 saturated carbocycles. The fraction of sp³-hybridized carbons (Fsp3) is 0.717. The van der Waals surface area contributed by atoms with E-state index in [1.54, 1.807) is 0 Å². The van der Waals surface area contributed by atoms with Gasteiger partial charge in [0.25, 0.3) is 7.82 Å². The van der Waals surface area contributed by atoms with Crippen LogP contribution in [0.25, 0.3) is 0 Å². The van der Waals surface area contributed by atoms with Crippen molar-refractivity contribution in [3.63, 3.8) is 0 Å². The highest BCUT2D eigenvalue weighted by Crippen LogP contribution is 2.38. The van der Waals surface area contributed by atoms with Crippen molar-refractivity contribution in [3.05, 3.63) is 146 Å². The largest absolute Gasteiger partial charge is 0.756 e. The minimum atomic E-state index is -4.66. The molecule has 0 rings (SSSR count). The summed E-state index contributed by atoms with van der Waals surface area (Å²) in [6, 6.07) is 0. The highest BCUT2D eigenvalue weighted by atomic mass is 31.2. The smallest absolute Gasteiger partial charge is 0.306 e. The number of esters is 2. The lowest BCUT2D eigenvalue weighted by Gasteiger charge is -2.28. The van der Waals surface area contributed by atoms with E-state index in [9.17, 15) is 19.0 Å². The minimum Gasteiger partial charge on any atom is -0.756 e. The SMILES string of the molecule is CC/C=C\C/C=C\C/C=C\C/C=C\C/C=C\C/C=C\C/C=C\C/C=C\C/C=C\CCCCCCCCCCCCCC(=O)OC(COC(=O)CCCCCCCCCCCCCCCCCCCCCCCCCC/C=C\C/C=C\C/C=C\CCCCCCC)COP(=O)([O-])OCC[N+](C)(C)C. The van der Waals surface area contributed by atoms with Crippen molar-refractivity contribution in [1.29, 1.82) is 0 Å². The number of carbonyl (C=O) groups is 2.